The Bertz CT molecular complexity index is 2680. The minimum atomic E-state index is -4.61. The molecule has 3 aromatic carbocycles. The highest BCUT2D eigenvalue weighted by molar-refractivity contribution is 6.09. The number of halogens is 3. The number of hydrogen-bond acceptors (Lipinski definition) is 4. The van der Waals surface area contributed by atoms with Crippen LogP contribution in [0, 0.1) is 47.3 Å². The van der Waals surface area contributed by atoms with Gasteiger partial charge < -0.3 is 0 Å². The summed E-state index contributed by atoms with van der Waals surface area (Å²) < 4.78 is 50.2. The summed E-state index contributed by atoms with van der Waals surface area (Å²) in [4.78, 5) is 21.1. The Morgan fingerprint density at radius 1 is 0.548 bits per heavy atom. The zero-order valence-corrected chi connectivity index (χ0v) is 37.0. The fraction of sp³-hybridized carbons (Fsp3) is 0.509. The van der Waals surface area contributed by atoms with Crippen LogP contribution in [0.3, 0.4) is 0 Å². The van der Waals surface area contributed by atoms with Crippen LogP contribution in [0.2, 0.25) is 0 Å². The van der Waals surface area contributed by atoms with E-state index in [0.29, 0.717) is 58.2 Å². The van der Waals surface area contributed by atoms with Crippen molar-refractivity contribution in [3.8, 4) is 11.4 Å². The second-order valence-corrected chi connectivity index (χ2v) is 20.6. The number of aryl methyl sites for hydroxylation is 2. The molecular formula is C53H59F3N6. The Morgan fingerprint density at radius 2 is 1.00 bits per heavy atom. The molecule has 4 aliphatic carbocycles. The molecule has 4 saturated carbocycles. The van der Waals surface area contributed by atoms with E-state index in [2.05, 4.69) is 77.9 Å². The Morgan fingerprint density at radius 3 is 1.42 bits per heavy atom. The summed E-state index contributed by atoms with van der Waals surface area (Å²) >= 11 is 0. The van der Waals surface area contributed by atoms with Crippen molar-refractivity contribution in [2.24, 2.45) is 47.3 Å². The Labute approximate surface area is 362 Å². The van der Waals surface area contributed by atoms with E-state index in [1.165, 1.54) is 37.8 Å². The molecule has 0 radical (unpaired) electrons. The van der Waals surface area contributed by atoms with Crippen molar-refractivity contribution in [3.63, 3.8) is 0 Å². The number of nitrogens with zero attached hydrogens (tertiary/aromatic N) is 6. The summed E-state index contributed by atoms with van der Waals surface area (Å²) in [5.74, 6) is 6.77. The van der Waals surface area contributed by atoms with Gasteiger partial charge >= 0.3 is 6.18 Å². The van der Waals surface area contributed by atoms with E-state index in [1.54, 1.807) is 0 Å². The van der Waals surface area contributed by atoms with E-state index in [-0.39, 0.29) is 11.8 Å². The SMILES string of the molecule is CCc1ccc2c(c1)c1cnc(C3C(C)CC4CC(C)CC3C4)nc1n2-c1cc(-n2c3ccc(CC)cc3c3cnc(C4C(C)CC5CC(C)CC4C5)nc32)cc(C(F)(F)F)c1. The van der Waals surface area contributed by atoms with E-state index < -0.39 is 11.7 Å². The van der Waals surface area contributed by atoms with Crippen LogP contribution in [0.25, 0.3) is 55.2 Å². The highest BCUT2D eigenvalue weighted by atomic mass is 19.4. The van der Waals surface area contributed by atoms with Crippen molar-refractivity contribution in [3.05, 3.63) is 95.3 Å². The molecule has 10 unspecified atom stereocenters. The summed E-state index contributed by atoms with van der Waals surface area (Å²) in [6, 6.07) is 17.2. The van der Waals surface area contributed by atoms with Gasteiger partial charge in [-0.05, 0) is 165 Å². The van der Waals surface area contributed by atoms with Crippen LogP contribution >= 0.6 is 0 Å². The van der Waals surface area contributed by atoms with Gasteiger partial charge in [0.05, 0.1) is 28.0 Å². The molecule has 4 heterocycles. The topological polar surface area (TPSA) is 61.4 Å². The zero-order valence-electron chi connectivity index (χ0n) is 37.0. The first kappa shape index (κ1) is 40.0. The molecule has 62 heavy (non-hydrogen) atoms. The highest BCUT2D eigenvalue weighted by Gasteiger charge is 2.44. The standard InChI is InChI=1S/C53H59F3N6/c1-7-32-9-11-45-41(21-32)43-26-57-49(47-30(5)17-34-13-28(3)15-36(47)19-34)59-51(43)61(45)39-23-38(53(54,55)56)24-40(25-39)62-46-12-10-33(8-2)22-42(46)44-27-58-50(60-52(44)62)48-31(6)18-35-14-29(4)16-37(48)20-35/h9-12,21-31,34-37,47-48H,7-8,13-20H2,1-6H3. The van der Waals surface area contributed by atoms with Crippen molar-refractivity contribution in [1.29, 1.82) is 0 Å². The first-order chi connectivity index (χ1) is 29.8. The van der Waals surface area contributed by atoms with Gasteiger partial charge in [0.15, 0.2) is 0 Å². The van der Waals surface area contributed by atoms with Crippen molar-refractivity contribution >= 4 is 43.9 Å². The maximum Gasteiger partial charge on any atom is 0.416 e. The molecule has 6 nitrogen and oxygen atoms in total. The fourth-order valence-corrected chi connectivity index (χ4v) is 13.8. The maximum atomic E-state index is 15.4. The molecule has 4 fully saturated rings. The second kappa shape index (κ2) is 14.9. The lowest BCUT2D eigenvalue weighted by Crippen LogP contribution is -2.36. The Kier molecular flexibility index (Phi) is 9.62. The first-order valence-electron chi connectivity index (χ1n) is 23.7. The minimum Gasteiger partial charge on any atom is -0.294 e. The van der Waals surface area contributed by atoms with Gasteiger partial charge in [-0.15, -0.1) is 0 Å². The van der Waals surface area contributed by atoms with Crippen molar-refractivity contribution in [2.45, 2.75) is 124 Å². The van der Waals surface area contributed by atoms with E-state index in [1.807, 2.05) is 27.6 Å². The Hall–Kier alpha value is -4.79. The lowest BCUT2D eigenvalue weighted by atomic mass is 9.60. The van der Waals surface area contributed by atoms with Crippen LogP contribution in [0.5, 0.6) is 0 Å². The van der Waals surface area contributed by atoms with Gasteiger partial charge in [0.2, 0.25) is 0 Å². The van der Waals surface area contributed by atoms with E-state index in [0.717, 1.165) is 106 Å². The van der Waals surface area contributed by atoms with Crippen molar-refractivity contribution in [2.75, 3.05) is 0 Å². The summed E-state index contributed by atoms with van der Waals surface area (Å²) in [6.07, 6.45) is 10.6. The molecule has 7 aromatic rings. The first-order valence-corrected chi connectivity index (χ1v) is 23.7. The van der Waals surface area contributed by atoms with Crippen molar-refractivity contribution in [1.82, 2.24) is 29.1 Å². The molecule has 10 atom stereocenters. The third-order valence-corrected chi connectivity index (χ3v) is 16.1. The van der Waals surface area contributed by atoms with E-state index >= 15 is 13.2 Å². The minimum absolute atomic E-state index is 0.210. The van der Waals surface area contributed by atoms with Gasteiger partial charge in [-0.2, -0.15) is 13.2 Å². The number of benzene rings is 3. The largest absolute Gasteiger partial charge is 0.416 e. The van der Waals surface area contributed by atoms with Gasteiger partial charge in [-0.3, -0.25) is 9.13 Å². The molecule has 9 heteroatoms. The molecule has 4 aromatic heterocycles. The van der Waals surface area contributed by atoms with Crippen LogP contribution in [-0.4, -0.2) is 29.1 Å². The number of alkyl halides is 3. The number of rotatable bonds is 6. The molecule has 11 rings (SSSR count). The lowest BCUT2D eigenvalue weighted by molar-refractivity contribution is -0.137. The predicted octanol–water partition coefficient (Wildman–Crippen LogP) is 14.0. The third kappa shape index (κ3) is 6.56. The Balaban J connectivity index is 1.14. The molecule has 0 amide bonds. The molecule has 0 saturated heterocycles. The normalized spacial score (nSPS) is 29.0. The summed E-state index contributed by atoms with van der Waals surface area (Å²) in [5, 5.41) is 3.63. The van der Waals surface area contributed by atoms with E-state index in [9.17, 15) is 0 Å². The van der Waals surface area contributed by atoms with Crippen LogP contribution < -0.4 is 0 Å². The summed E-state index contributed by atoms with van der Waals surface area (Å²) in [5.41, 5.74) is 5.41. The quantitative estimate of drug-likeness (QED) is 0.167. The van der Waals surface area contributed by atoms with Crippen LogP contribution in [0.15, 0.2) is 67.0 Å². The third-order valence-electron chi connectivity index (χ3n) is 16.1. The lowest BCUT2D eigenvalue weighted by Gasteiger charge is -2.45. The zero-order chi connectivity index (χ0) is 42.8. The molecule has 4 bridgehead atoms. The molecular weight excluding hydrogens is 778 g/mol. The molecule has 0 aliphatic heterocycles. The van der Waals surface area contributed by atoms with Crippen LogP contribution in [0.1, 0.15) is 133 Å². The molecule has 0 spiro atoms. The van der Waals surface area contributed by atoms with Gasteiger partial charge in [-0.25, -0.2) is 19.9 Å². The number of hydrogen-bond donors (Lipinski definition) is 0. The monoisotopic (exact) mass is 836 g/mol. The number of fused-ring (bicyclic) bond motifs is 10. The van der Waals surface area contributed by atoms with Gasteiger partial charge in [0, 0.05) is 45.8 Å². The number of aromatic nitrogens is 6. The van der Waals surface area contributed by atoms with Crippen molar-refractivity contribution < 1.29 is 13.2 Å². The maximum absolute atomic E-state index is 15.4. The molecule has 0 N–H and O–H groups in total. The molecule has 4 aliphatic rings. The van der Waals surface area contributed by atoms with Crippen LogP contribution in [0.4, 0.5) is 13.2 Å². The smallest absolute Gasteiger partial charge is 0.294 e. The van der Waals surface area contributed by atoms with Gasteiger partial charge in [0.25, 0.3) is 0 Å². The van der Waals surface area contributed by atoms with E-state index in [4.69, 9.17) is 19.9 Å². The fourth-order valence-electron chi connectivity index (χ4n) is 13.8. The average molecular weight is 837 g/mol. The van der Waals surface area contributed by atoms with Crippen LogP contribution in [-0.2, 0) is 19.0 Å². The summed E-state index contributed by atoms with van der Waals surface area (Å²) in [6.45, 7) is 13.7. The second-order valence-electron chi connectivity index (χ2n) is 20.6. The molecule has 322 valence electrons. The average Bonchev–Trinajstić information content (AvgIpc) is 3.73. The predicted molar refractivity (Wildman–Crippen MR) is 243 cm³/mol. The van der Waals surface area contributed by atoms with Gasteiger partial charge in [-0.1, -0.05) is 53.7 Å². The van der Waals surface area contributed by atoms with Gasteiger partial charge in [0.1, 0.15) is 22.9 Å². The summed E-state index contributed by atoms with van der Waals surface area (Å²) in [7, 11) is 0. The highest BCUT2D eigenvalue weighted by Crippen LogP contribution is 2.53.